The maximum atomic E-state index is 13.3. The molecule has 0 radical (unpaired) electrons. The molecule has 1 N–H and O–H groups in total. The van der Waals surface area contributed by atoms with Crippen LogP contribution in [-0.4, -0.2) is 67.2 Å². The van der Waals surface area contributed by atoms with Gasteiger partial charge in [0.15, 0.2) is 0 Å². The monoisotopic (exact) mass is 455 g/mol. The summed E-state index contributed by atoms with van der Waals surface area (Å²) < 4.78 is 27.4. The molecule has 1 aromatic carbocycles. The quantitative estimate of drug-likeness (QED) is 0.689. The number of piperazine rings is 1. The van der Waals surface area contributed by atoms with Crippen LogP contribution in [0.4, 0.5) is 0 Å². The summed E-state index contributed by atoms with van der Waals surface area (Å²) in [5.74, 6) is 0.232. The number of amidine groups is 1. The van der Waals surface area contributed by atoms with Crippen molar-refractivity contribution in [2.75, 3.05) is 26.2 Å². The molecule has 2 aliphatic rings. The third kappa shape index (κ3) is 4.99. The number of rotatable bonds is 7. The summed E-state index contributed by atoms with van der Waals surface area (Å²) in [6.45, 7) is 5.63. The molecule has 1 fully saturated rings. The molecule has 32 heavy (non-hydrogen) atoms. The molecule has 2 aliphatic heterocycles. The predicted molar refractivity (Wildman–Crippen MR) is 123 cm³/mol. The van der Waals surface area contributed by atoms with Crippen molar-refractivity contribution in [3.8, 4) is 0 Å². The number of pyridine rings is 1. The fourth-order valence-electron chi connectivity index (χ4n) is 4.08. The van der Waals surface area contributed by atoms with E-state index in [0.29, 0.717) is 25.1 Å². The number of carbonyl (C=O) groups is 1. The minimum atomic E-state index is -3.63. The molecule has 0 saturated carbocycles. The number of aliphatic imine (C=N–C) groups is 1. The SMILES string of the molecule is CCCCC(N=C1NS(=O)(=O)c2ccccc21)C(=O)N1CCN(Cc2ccccn2)CC1. The van der Waals surface area contributed by atoms with Crippen LogP contribution in [0.2, 0.25) is 0 Å². The first-order valence-corrected chi connectivity index (χ1v) is 12.6. The second-order valence-corrected chi connectivity index (χ2v) is 9.81. The number of fused-ring (bicyclic) bond motifs is 1. The van der Waals surface area contributed by atoms with Gasteiger partial charge in [0.2, 0.25) is 5.91 Å². The number of sulfonamides is 1. The number of benzene rings is 1. The summed E-state index contributed by atoms with van der Waals surface area (Å²) >= 11 is 0. The van der Waals surface area contributed by atoms with Crippen molar-refractivity contribution < 1.29 is 13.2 Å². The van der Waals surface area contributed by atoms with Crippen molar-refractivity contribution in [2.24, 2.45) is 4.99 Å². The van der Waals surface area contributed by atoms with Crippen LogP contribution in [0.5, 0.6) is 0 Å². The van der Waals surface area contributed by atoms with E-state index >= 15 is 0 Å². The molecule has 8 nitrogen and oxygen atoms in total. The molecule has 1 saturated heterocycles. The van der Waals surface area contributed by atoms with Crippen molar-refractivity contribution in [3.05, 3.63) is 59.9 Å². The van der Waals surface area contributed by atoms with E-state index in [2.05, 4.69) is 26.5 Å². The number of nitrogens with zero attached hydrogens (tertiary/aromatic N) is 4. The normalized spacial score (nSPS) is 20.0. The molecular weight excluding hydrogens is 426 g/mol. The summed E-state index contributed by atoms with van der Waals surface area (Å²) in [6.07, 6.45) is 4.18. The Hall–Kier alpha value is -2.78. The summed E-state index contributed by atoms with van der Waals surface area (Å²) in [5, 5.41) is 0. The smallest absolute Gasteiger partial charge is 0.263 e. The summed E-state index contributed by atoms with van der Waals surface area (Å²) in [4.78, 5) is 26.7. The lowest BCUT2D eigenvalue weighted by Gasteiger charge is -2.35. The number of carbonyl (C=O) groups excluding carboxylic acids is 1. The number of unbranched alkanes of at least 4 members (excludes halogenated alkanes) is 1. The van der Waals surface area contributed by atoms with Gasteiger partial charge in [-0.3, -0.25) is 24.4 Å². The average molecular weight is 456 g/mol. The van der Waals surface area contributed by atoms with E-state index in [0.717, 1.165) is 38.2 Å². The Kier molecular flexibility index (Phi) is 6.86. The number of hydrogen-bond acceptors (Lipinski definition) is 6. The predicted octanol–water partition coefficient (Wildman–Crippen LogP) is 2.02. The lowest BCUT2D eigenvalue weighted by molar-refractivity contribution is -0.134. The van der Waals surface area contributed by atoms with Gasteiger partial charge in [0.1, 0.15) is 11.9 Å². The van der Waals surface area contributed by atoms with E-state index in [4.69, 9.17) is 0 Å². The number of amides is 1. The van der Waals surface area contributed by atoms with Crippen LogP contribution in [0.1, 0.15) is 37.4 Å². The summed E-state index contributed by atoms with van der Waals surface area (Å²) in [7, 11) is -3.63. The van der Waals surface area contributed by atoms with Crippen LogP contribution in [0, 0.1) is 0 Å². The highest BCUT2D eigenvalue weighted by molar-refractivity contribution is 7.90. The Morgan fingerprint density at radius 1 is 1.12 bits per heavy atom. The Labute approximate surface area is 189 Å². The van der Waals surface area contributed by atoms with Gasteiger partial charge in [0.25, 0.3) is 10.0 Å². The van der Waals surface area contributed by atoms with E-state index in [-0.39, 0.29) is 16.6 Å². The molecule has 0 bridgehead atoms. The van der Waals surface area contributed by atoms with Gasteiger partial charge in [-0.2, -0.15) is 0 Å². The first-order valence-electron chi connectivity index (χ1n) is 11.1. The van der Waals surface area contributed by atoms with Gasteiger partial charge < -0.3 is 4.90 Å². The maximum absolute atomic E-state index is 13.3. The zero-order valence-corrected chi connectivity index (χ0v) is 19.1. The van der Waals surface area contributed by atoms with Crippen LogP contribution in [0.25, 0.3) is 0 Å². The van der Waals surface area contributed by atoms with Gasteiger partial charge in [-0.25, -0.2) is 8.42 Å². The van der Waals surface area contributed by atoms with Crippen molar-refractivity contribution >= 4 is 21.8 Å². The van der Waals surface area contributed by atoms with E-state index < -0.39 is 16.1 Å². The second-order valence-electron chi connectivity index (χ2n) is 8.16. The minimum absolute atomic E-state index is 0.0352. The van der Waals surface area contributed by atoms with Crippen LogP contribution < -0.4 is 4.72 Å². The number of aromatic nitrogens is 1. The first-order chi connectivity index (χ1) is 15.5. The van der Waals surface area contributed by atoms with Gasteiger partial charge in [0.05, 0.1) is 10.6 Å². The van der Waals surface area contributed by atoms with E-state index in [1.165, 1.54) is 0 Å². The minimum Gasteiger partial charge on any atom is -0.338 e. The fraction of sp³-hybridized carbons (Fsp3) is 0.435. The zero-order chi connectivity index (χ0) is 22.6. The molecule has 4 rings (SSSR count). The van der Waals surface area contributed by atoms with Crippen LogP contribution in [0.15, 0.2) is 58.5 Å². The molecule has 3 heterocycles. The standard InChI is InChI=1S/C23H29N5O3S/c1-2-3-10-20(25-22-19-9-4-5-11-21(19)32(30,31)26-22)23(29)28-15-13-27(14-16-28)17-18-8-6-7-12-24-18/h4-9,11-12,20H,2-3,10,13-17H2,1H3,(H,25,26). The average Bonchev–Trinajstić information content (AvgIpc) is 3.07. The molecule has 0 aliphatic carbocycles. The van der Waals surface area contributed by atoms with Crippen molar-refractivity contribution in [3.63, 3.8) is 0 Å². The van der Waals surface area contributed by atoms with Crippen LogP contribution >= 0.6 is 0 Å². The van der Waals surface area contributed by atoms with Gasteiger partial charge in [-0.05, 0) is 30.7 Å². The van der Waals surface area contributed by atoms with Gasteiger partial charge in [0, 0.05) is 44.5 Å². The van der Waals surface area contributed by atoms with Crippen molar-refractivity contribution in [1.29, 1.82) is 0 Å². The zero-order valence-electron chi connectivity index (χ0n) is 18.3. The molecule has 1 aromatic heterocycles. The van der Waals surface area contributed by atoms with Gasteiger partial charge in [-0.1, -0.05) is 38.0 Å². The van der Waals surface area contributed by atoms with Crippen LogP contribution in [0.3, 0.4) is 0 Å². The molecule has 0 spiro atoms. The third-order valence-electron chi connectivity index (χ3n) is 5.86. The topological polar surface area (TPSA) is 95.0 Å². The Balaban J connectivity index is 1.46. The lowest BCUT2D eigenvalue weighted by atomic mass is 10.1. The fourth-order valence-corrected chi connectivity index (χ4v) is 5.32. The Bertz CT molecular complexity index is 1080. The first kappa shape index (κ1) is 22.4. The van der Waals surface area contributed by atoms with Crippen LogP contribution in [-0.2, 0) is 21.4 Å². The second kappa shape index (κ2) is 9.79. The highest BCUT2D eigenvalue weighted by atomic mass is 32.2. The van der Waals surface area contributed by atoms with Crippen molar-refractivity contribution in [1.82, 2.24) is 19.5 Å². The van der Waals surface area contributed by atoms with Gasteiger partial charge >= 0.3 is 0 Å². The number of hydrogen-bond donors (Lipinski definition) is 1. The largest absolute Gasteiger partial charge is 0.338 e. The molecule has 1 unspecified atom stereocenters. The van der Waals surface area contributed by atoms with E-state index in [9.17, 15) is 13.2 Å². The Morgan fingerprint density at radius 3 is 2.59 bits per heavy atom. The highest BCUT2D eigenvalue weighted by Gasteiger charge is 2.33. The molecule has 170 valence electrons. The maximum Gasteiger partial charge on any atom is 0.263 e. The molecule has 2 aromatic rings. The molecule has 1 atom stereocenters. The summed E-state index contributed by atoms with van der Waals surface area (Å²) in [5.41, 5.74) is 1.55. The molecular formula is C23H29N5O3S. The lowest BCUT2D eigenvalue weighted by Crippen LogP contribution is -2.51. The van der Waals surface area contributed by atoms with Crippen molar-refractivity contribution in [2.45, 2.75) is 43.7 Å². The molecule has 1 amide bonds. The number of nitrogens with one attached hydrogen (secondary N) is 1. The van der Waals surface area contributed by atoms with Gasteiger partial charge in [-0.15, -0.1) is 0 Å². The van der Waals surface area contributed by atoms with E-state index in [1.807, 2.05) is 23.1 Å². The van der Waals surface area contributed by atoms with E-state index in [1.54, 1.807) is 30.5 Å². The summed E-state index contributed by atoms with van der Waals surface area (Å²) in [6, 6.07) is 12.0. The third-order valence-corrected chi connectivity index (χ3v) is 7.26. The highest BCUT2D eigenvalue weighted by Crippen LogP contribution is 2.23. The molecule has 9 heteroatoms. The Morgan fingerprint density at radius 2 is 1.88 bits per heavy atom.